The lowest BCUT2D eigenvalue weighted by molar-refractivity contribution is 0.444. The molecule has 3 heterocycles. The van der Waals surface area contributed by atoms with Crippen molar-refractivity contribution in [2.75, 3.05) is 0 Å². The fourth-order valence-electron chi connectivity index (χ4n) is 6.16. The number of rotatable bonds is 2. The number of hydrogen-bond acceptors (Lipinski definition) is 3. The Hall–Kier alpha value is -1.42. The van der Waals surface area contributed by atoms with Crippen LogP contribution in [0.4, 0.5) is 0 Å². The first-order valence-electron chi connectivity index (χ1n) is 12.2. The van der Waals surface area contributed by atoms with Gasteiger partial charge in [0.05, 0.1) is 18.8 Å². The summed E-state index contributed by atoms with van der Waals surface area (Å²) in [5.74, 6) is 1.58. The highest BCUT2D eigenvalue weighted by molar-refractivity contribution is 7.43. The van der Waals surface area contributed by atoms with E-state index in [-0.39, 0.29) is 0 Å². The van der Waals surface area contributed by atoms with E-state index < -0.39 is 0 Å². The first kappa shape index (κ1) is 19.1. The van der Waals surface area contributed by atoms with Gasteiger partial charge in [-0.2, -0.15) is 0 Å². The Kier molecular flexibility index (Phi) is 4.66. The van der Waals surface area contributed by atoms with E-state index in [0.717, 1.165) is 11.8 Å². The van der Waals surface area contributed by atoms with Crippen molar-refractivity contribution in [1.82, 2.24) is 0 Å². The molecule has 2 aromatic carbocycles. The van der Waals surface area contributed by atoms with Crippen LogP contribution >= 0.6 is 34.0 Å². The molecule has 0 aliphatic heterocycles. The van der Waals surface area contributed by atoms with Gasteiger partial charge in [0.15, 0.2) is 0 Å². The average molecular weight is 461 g/mol. The van der Waals surface area contributed by atoms with Crippen LogP contribution < -0.4 is 0 Å². The lowest BCUT2D eigenvalue weighted by atomic mass is 9.84. The van der Waals surface area contributed by atoms with E-state index in [1.54, 1.807) is 11.1 Å². The standard InChI is InChI=1S/C28H28S3/c1-3-7-17(8-4-1)19-11-13-21-23(15-19)29-27-25(21)31-26-22-14-12-20(16-24(22)30-28(26)27)18-9-5-2-6-10-18/h11-18H,1-10H2. The number of thiophene rings is 3. The monoisotopic (exact) mass is 460 g/mol. The molecule has 2 fully saturated rings. The number of benzene rings is 2. The average Bonchev–Trinajstić information content (AvgIpc) is 3.48. The molecular formula is C28H28S3. The van der Waals surface area contributed by atoms with Gasteiger partial charge < -0.3 is 0 Å². The maximum Gasteiger partial charge on any atom is 0.0642 e. The molecule has 31 heavy (non-hydrogen) atoms. The molecule has 7 rings (SSSR count). The topological polar surface area (TPSA) is 0 Å². The van der Waals surface area contributed by atoms with Crippen LogP contribution in [0.5, 0.6) is 0 Å². The molecule has 0 N–H and O–H groups in total. The smallest absolute Gasteiger partial charge is 0.0642 e. The van der Waals surface area contributed by atoms with Crippen molar-refractivity contribution in [2.24, 2.45) is 0 Å². The second-order valence-electron chi connectivity index (χ2n) is 9.80. The maximum absolute atomic E-state index is 2.53. The molecule has 0 unspecified atom stereocenters. The van der Waals surface area contributed by atoms with Crippen LogP contribution in [-0.2, 0) is 0 Å². The van der Waals surface area contributed by atoms with Crippen molar-refractivity contribution >= 4 is 73.0 Å². The molecule has 0 amide bonds. The van der Waals surface area contributed by atoms with E-state index in [0.29, 0.717) is 0 Å². The first-order valence-corrected chi connectivity index (χ1v) is 14.6. The number of hydrogen-bond donors (Lipinski definition) is 0. The fraction of sp³-hybridized carbons (Fsp3) is 0.429. The largest absolute Gasteiger partial charge is 0.133 e. The zero-order chi connectivity index (χ0) is 20.4. The molecule has 0 bridgehead atoms. The summed E-state index contributed by atoms with van der Waals surface area (Å²) < 4.78 is 9.13. The second-order valence-corrected chi connectivity index (χ2v) is 12.9. The quantitative estimate of drug-likeness (QED) is 0.246. The minimum Gasteiger partial charge on any atom is -0.133 e. The van der Waals surface area contributed by atoms with Gasteiger partial charge >= 0.3 is 0 Å². The van der Waals surface area contributed by atoms with Crippen LogP contribution in [0.25, 0.3) is 39.0 Å². The molecule has 2 saturated carbocycles. The van der Waals surface area contributed by atoms with E-state index in [9.17, 15) is 0 Å². The maximum atomic E-state index is 2.53. The summed E-state index contributed by atoms with van der Waals surface area (Å²) in [7, 11) is 0. The van der Waals surface area contributed by atoms with Crippen LogP contribution in [0.15, 0.2) is 36.4 Å². The van der Waals surface area contributed by atoms with Crippen molar-refractivity contribution in [2.45, 2.75) is 76.0 Å². The molecule has 0 radical (unpaired) electrons. The van der Waals surface area contributed by atoms with Gasteiger partial charge in [0, 0.05) is 20.2 Å². The highest BCUT2D eigenvalue weighted by Crippen LogP contribution is 2.51. The molecule has 0 nitrogen and oxygen atoms in total. The van der Waals surface area contributed by atoms with Gasteiger partial charge in [0.1, 0.15) is 0 Å². The molecular weight excluding hydrogens is 433 g/mol. The second kappa shape index (κ2) is 7.57. The molecule has 158 valence electrons. The van der Waals surface area contributed by atoms with Gasteiger partial charge in [-0.25, -0.2) is 0 Å². The van der Waals surface area contributed by atoms with Crippen molar-refractivity contribution in [3.63, 3.8) is 0 Å². The fourth-order valence-corrected chi connectivity index (χ4v) is 10.5. The van der Waals surface area contributed by atoms with E-state index in [1.807, 2.05) is 34.0 Å². The van der Waals surface area contributed by atoms with Gasteiger partial charge in [0.25, 0.3) is 0 Å². The molecule has 0 atom stereocenters. The molecule has 2 aliphatic rings. The minimum absolute atomic E-state index is 0.792. The summed E-state index contributed by atoms with van der Waals surface area (Å²) in [6.07, 6.45) is 14.0. The molecule has 0 spiro atoms. The van der Waals surface area contributed by atoms with E-state index in [1.165, 1.54) is 103 Å². The van der Waals surface area contributed by atoms with Gasteiger partial charge in [-0.1, -0.05) is 62.8 Å². The molecule has 3 heteroatoms. The SMILES string of the molecule is c1cc2c(cc1C1CCCCC1)sc1c2sc2c3ccc(C4CCCCC4)cc3sc21. The van der Waals surface area contributed by atoms with E-state index in [2.05, 4.69) is 36.4 Å². The summed E-state index contributed by atoms with van der Waals surface area (Å²) in [6, 6.07) is 14.8. The van der Waals surface area contributed by atoms with Gasteiger partial charge in [-0.05, 0) is 60.8 Å². The lowest BCUT2D eigenvalue weighted by Gasteiger charge is -2.21. The summed E-state index contributed by atoms with van der Waals surface area (Å²) in [4.78, 5) is 0. The van der Waals surface area contributed by atoms with Crippen molar-refractivity contribution in [3.8, 4) is 0 Å². The van der Waals surface area contributed by atoms with Gasteiger partial charge in [-0.3, -0.25) is 0 Å². The minimum atomic E-state index is 0.792. The predicted octanol–water partition coefficient (Wildman–Crippen LogP) is 10.6. The van der Waals surface area contributed by atoms with Gasteiger partial charge in [-0.15, -0.1) is 34.0 Å². The van der Waals surface area contributed by atoms with Crippen molar-refractivity contribution < 1.29 is 0 Å². The first-order chi connectivity index (χ1) is 15.3. The van der Waals surface area contributed by atoms with Crippen LogP contribution in [0.3, 0.4) is 0 Å². The molecule has 3 aromatic heterocycles. The predicted molar refractivity (Wildman–Crippen MR) is 142 cm³/mol. The third-order valence-electron chi connectivity index (χ3n) is 7.90. The Bertz CT molecular complexity index is 1290. The summed E-state index contributed by atoms with van der Waals surface area (Å²) in [5.41, 5.74) is 3.18. The summed E-state index contributed by atoms with van der Waals surface area (Å²) >= 11 is 6.13. The third kappa shape index (κ3) is 3.11. The molecule has 2 aliphatic carbocycles. The zero-order valence-corrected chi connectivity index (χ0v) is 20.4. The Morgan fingerprint density at radius 2 is 0.935 bits per heavy atom. The van der Waals surface area contributed by atoms with Gasteiger partial charge in [0.2, 0.25) is 0 Å². The highest BCUT2D eigenvalue weighted by atomic mass is 32.1. The Balaban J connectivity index is 1.34. The van der Waals surface area contributed by atoms with Crippen LogP contribution in [0.2, 0.25) is 0 Å². The summed E-state index contributed by atoms with van der Waals surface area (Å²) in [5, 5.41) is 2.97. The Morgan fingerprint density at radius 3 is 1.39 bits per heavy atom. The Morgan fingerprint density at radius 1 is 0.484 bits per heavy atom. The number of fused-ring (bicyclic) bond motifs is 7. The van der Waals surface area contributed by atoms with E-state index >= 15 is 0 Å². The Labute approximate surface area is 195 Å². The molecule has 5 aromatic rings. The highest BCUT2D eigenvalue weighted by Gasteiger charge is 2.21. The van der Waals surface area contributed by atoms with Crippen LogP contribution in [0.1, 0.15) is 87.2 Å². The zero-order valence-electron chi connectivity index (χ0n) is 17.9. The van der Waals surface area contributed by atoms with Crippen molar-refractivity contribution in [3.05, 3.63) is 47.5 Å². The normalized spacial score (nSPS) is 19.4. The van der Waals surface area contributed by atoms with Crippen molar-refractivity contribution in [1.29, 1.82) is 0 Å². The summed E-state index contributed by atoms with van der Waals surface area (Å²) in [6.45, 7) is 0. The van der Waals surface area contributed by atoms with Crippen LogP contribution in [0, 0.1) is 0 Å². The van der Waals surface area contributed by atoms with Crippen LogP contribution in [-0.4, -0.2) is 0 Å². The molecule has 0 saturated heterocycles. The lowest BCUT2D eigenvalue weighted by Crippen LogP contribution is -2.03. The van der Waals surface area contributed by atoms with E-state index in [4.69, 9.17) is 0 Å². The third-order valence-corrected chi connectivity index (χ3v) is 11.9.